The Morgan fingerprint density at radius 1 is 0.864 bits per heavy atom. The molecule has 0 aromatic heterocycles. The molecule has 0 saturated carbocycles. The lowest BCUT2D eigenvalue weighted by molar-refractivity contribution is 0.189. The molecule has 1 atom stereocenters. The number of unbranched alkanes of at least 4 members (excludes halogenated alkanes) is 9. The molecule has 0 amide bonds. The highest BCUT2D eigenvalue weighted by Crippen LogP contribution is 2.31. The van der Waals surface area contributed by atoms with Crippen LogP contribution in [0.5, 0.6) is 0 Å². The van der Waals surface area contributed by atoms with Crippen LogP contribution in [0.15, 0.2) is 0 Å². The molecule has 22 heavy (non-hydrogen) atoms. The van der Waals surface area contributed by atoms with Gasteiger partial charge in [0.05, 0.1) is 0 Å². The Morgan fingerprint density at radius 2 is 1.41 bits per heavy atom. The Hall–Kier alpha value is -0.0400. The van der Waals surface area contributed by atoms with Gasteiger partial charge in [-0.25, -0.2) is 0 Å². The van der Waals surface area contributed by atoms with E-state index in [4.69, 9.17) is 0 Å². The summed E-state index contributed by atoms with van der Waals surface area (Å²) in [7, 11) is 0. The number of hydrogen-bond acceptors (Lipinski definition) is 1. The van der Waals surface area contributed by atoms with Crippen LogP contribution in [-0.2, 0) is 0 Å². The standard InChI is InChI=1S/C21H43N/c1-5-6-7-8-9-10-11-12-13-14-16-22-17-15-20(2)18-21(3,4)19-22/h20H,5-19H2,1-4H3. The van der Waals surface area contributed by atoms with Crippen molar-refractivity contribution in [3.8, 4) is 0 Å². The lowest BCUT2D eigenvalue weighted by Crippen LogP contribution is -2.33. The molecule has 0 aliphatic carbocycles. The topological polar surface area (TPSA) is 3.24 Å². The Kier molecular flexibility index (Phi) is 10.4. The molecule has 0 aromatic rings. The highest BCUT2D eigenvalue weighted by Gasteiger charge is 2.27. The molecule has 0 aromatic carbocycles. The number of rotatable bonds is 11. The van der Waals surface area contributed by atoms with Gasteiger partial charge in [0.1, 0.15) is 0 Å². The SMILES string of the molecule is CCCCCCCCCCCCN1CCC(C)CC(C)(C)C1. The summed E-state index contributed by atoms with van der Waals surface area (Å²) in [6.45, 7) is 13.6. The average molecular weight is 310 g/mol. The van der Waals surface area contributed by atoms with Crippen molar-refractivity contribution < 1.29 is 0 Å². The van der Waals surface area contributed by atoms with Crippen LogP contribution in [0, 0.1) is 11.3 Å². The van der Waals surface area contributed by atoms with Crippen molar-refractivity contribution in [1.29, 1.82) is 0 Å². The summed E-state index contributed by atoms with van der Waals surface area (Å²) in [5.41, 5.74) is 0.522. The summed E-state index contributed by atoms with van der Waals surface area (Å²) in [6.07, 6.45) is 17.3. The summed E-state index contributed by atoms with van der Waals surface area (Å²) >= 11 is 0. The Morgan fingerprint density at radius 3 is 2.00 bits per heavy atom. The van der Waals surface area contributed by atoms with Crippen molar-refractivity contribution in [3.05, 3.63) is 0 Å². The van der Waals surface area contributed by atoms with Crippen LogP contribution in [-0.4, -0.2) is 24.5 Å². The number of hydrogen-bond donors (Lipinski definition) is 0. The summed E-state index contributed by atoms with van der Waals surface area (Å²) < 4.78 is 0. The molecule has 1 aliphatic heterocycles. The van der Waals surface area contributed by atoms with E-state index in [1.54, 1.807) is 0 Å². The van der Waals surface area contributed by atoms with Crippen LogP contribution in [0.2, 0.25) is 0 Å². The van der Waals surface area contributed by atoms with Crippen molar-refractivity contribution in [3.63, 3.8) is 0 Å². The van der Waals surface area contributed by atoms with Gasteiger partial charge in [-0.1, -0.05) is 85.5 Å². The molecule has 1 heteroatoms. The van der Waals surface area contributed by atoms with E-state index in [-0.39, 0.29) is 0 Å². The van der Waals surface area contributed by atoms with E-state index >= 15 is 0 Å². The molecule has 132 valence electrons. The first-order valence-corrected chi connectivity index (χ1v) is 10.3. The molecule has 1 aliphatic rings. The van der Waals surface area contributed by atoms with E-state index in [0.29, 0.717) is 5.41 Å². The molecule has 0 bridgehead atoms. The summed E-state index contributed by atoms with van der Waals surface area (Å²) in [5.74, 6) is 0.910. The molecule has 1 saturated heterocycles. The lowest BCUT2D eigenvalue weighted by Gasteiger charge is -2.30. The van der Waals surface area contributed by atoms with Crippen molar-refractivity contribution in [2.75, 3.05) is 19.6 Å². The minimum Gasteiger partial charge on any atom is -0.303 e. The third-order valence-electron chi connectivity index (χ3n) is 5.32. The maximum absolute atomic E-state index is 2.74. The zero-order valence-electron chi connectivity index (χ0n) is 16.1. The predicted molar refractivity (Wildman–Crippen MR) is 100 cm³/mol. The summed E-state index contributed by atoms with van der Waals surface area (Å²) in [6, 6.07) is 0. The normalized spacial score (nSPS) is 22.6. The Bertz CT molecular complexity index is 259. The van der Waals surface area contributed by atoms with Crippen LogP contribution in [0.3, 0.4) is 0 Å². The fourth-order valence-corrected chi connectivity index (χ4v) is 4.21. The molecule has 1 unspecified atom stereocenters. The number of likely N-dealkylation sites (tertiary alicyclic amines) is 1. The van der Waals surface area contributed by atoms with Gasteiger partial charge in [0.25, 0.3) is 0 Å². The van der Waals surface area contributed by atoms with Gasteiger partial charge in [0.2, 0.25) is 0 Å². The zero-order valence-corrected chi connectivity index (χ0v) is 16.1. The largest absolute Gasteiger partial charge is 0.303 e. The Labute approximate surface area is 141 Å². The molecular formula is C21H43N. The van der Waals surface area contributed by atoms with E-state index in [1.807, 2.05) is 0 Å². The van der Waals surface area contributed by atoms with Crippen molar-refractivity contribution in [2.45, 2.75) is 105 Å². The smallest absolute Gasteiger partial charge is 0.00328 e. The van der Waals surface area contributed by atoms with Gasteiger partial charge in [0.15, 0.2) is 0 Å². The van der Waals surface area contributed by atoms with Gasteiger partial charge in [-0.05, 0) is 43.7 Å². The second kappa shape index (κ2) is 11.5. The summed E-state index contributed by atoms with van der Waals surface area (Å²) in [5, 5.41) is 0. The van der Waals surface area contributed by atoms with E-state index in [1.165, 1.54) is 96.7 Å². The zero-order chi connectivity index (χ0) is 16.3. The van der Waals surface area contributed by atoms with Crippen LogP contribution < -0.4 is 0 Å². The minimum absolute atomic E-state index is 0.522. The second-order valence-corrected chi connectivity index (χ2v) is 8.72. The first-order chi connectivity index (χ1) is 10.5. The van der Waals surface area contributed by atoms with Crippen LogP contribution >= 0.6 is 0 Å². The third-order valence-corrected chi connectivity index (χ3v) is 5.32. The van der Waals surface area contributed by atoms with Crippen molar-refractivity contribution >= 4 is 0 Å². The molecule has 0 radical (unpaired) electrons. The van der Waals surface area contributed by atoms with Crippen LogP contribution in [0.4, 0.5) is 0 Å². The second-order valence-electron chi connectivity index (χ2n) is 8.72. The van der Waals surface area contributed by atoms with Crippen LogP contribution in [0.25, 0.3) is 0 Å². The quantitative estimate of drug-likeness (QED) is 0.385. The Balaban J connectivity index is 1.98. The predicted octanol–water partition coefficient (Wildman–Crippen LogP) is 6.67. The monoisotopic (exact) mass is 309 g/mol. The molecule has 0 spiro atoms. The van der Waals surface area contributed by atoms with Gasteiger partial charge in [-0.3, -0.25) is 0 Å². The summed E-state index contributed by atoms with van der Waals surface area (Å²) in [4.78, 5) is 2.74. The number of nitrogens with zero attached hydrogens (tertiary/aromatic N) is 1. The van der Waals surface area contributed by atoms with Gasteiger partial charge in [-0.2, -0.15) is 0 Å². The molecule has 0 N–H and O–H groups in total. The molecule has 1 heterocycles. The fourth-order valence-electron chi connectivity index (χ4n) is 4.21. The fraction of sp³-hybridized carbons (Fsp3) is 1.00. The highest BCUT2D eigenvalue weighted by atomic mass is 15.1. The maximum Gasteiger partial charge on any atom is 0.00328 e. The first kappa shape index (κ1) is 20.0. The maximum atomic E-state index is 2.74. The molecule has 1 fully saturated rings. The highest BCUT2D eigenvalue weighted by molar-refractivity contribution is 4.80. The lowest BCUT2D eigenvalue weighted by atomic mass is 9.83. The van der Waals surface area contributed by atoms with Crippen molar-refractivity contribution in [1.82, 2.24) is 4.90 Å². The van der Waals surface area contributed by atoms with Crippen molar-refractivity contribution in [2.24, 2.45) is 11.3 Å². The third kappa shape index (κ3) is 9.87. The average Bonchev–Trinajstić information content (AvgIpc) is 2.58. The van der Waals surface area contributed by atoms with E-state index in [0.717, 1.165) is 5.92 Å². The van der Waals surface area contributed by atoms with E-state index in [2.05, 4.69) is 32.6 Å². The van der Waals surface area contributed by atoms with Gasteiger partial charge >= 0.3 is 0 Å². The van der Waals surface area contributed by atoms with Gasteiger partial charge in [-0.15, -0.1) is 0 Å². The van der Waals surface area contributed by atoms with E-state index in [9.17, 15) is 0 Å². The van der Waals surface area contributed by atoms with Gasteiger partial charge < -0.3 is 4.90 Å². The molecule has 1 nitrogen and oxygen atoms in total. The minimum atomic E-state index is 0.522. The van der Waals surface area contributed by atoms with E-state index < -0.39 is 0 Å². The van der Waals surface area contributed by atoms with Gasteiger partial charge in [0, 0.05) is 6.54 Å². The molecular weight excluding hydrogens is 266 g/mol. The molecule has 1 rings (SSSR count). The first-order valence-electron chi connectivity index (χ1n) is 10.3. The van der Waals surface area contributed by atoms with Crippen LogP contribution in [0.1, 0.15) is 105 Å².